The number of hydrogen-bond donors (Lipinski definition) is 0. The summed E-state index contributed by atoms with van der Waals surface area (Å²) in [5.74, 6) is 1.82. The van der Waals surface area contributed by atoms with Crippen molar-refractivity contribution in [1.29, 1.82) is 0 Å². The van der Waals surface area contributed by atoms with Crippen molar-refractivity contribution in [3.63, 3.8) is 0 Å². The van der Waals surface area contributed by atoms with Crippen LogP contribution in [0.25, 0.3) is 0 Å². The number of carbonyl (C=O) groups is 1. The van der Waals surface area contributed by atoms with Gasteiger partial charge in [-0.3, -0.25) is 19.6 Å². The van der Waals surface area contributed by atoms with Crippen molar-refractivity contribution in [3.8, 4) is 11.5 Å². The van der Waals surface area contributed by atoms with Crippen molar-refractivity contribution < 1.29 is 14.3 Å². The minimum absolute atomic E-state index is 0.128. The van der Waals surface area contributed by atoms with Gasteiger partial charge in [-0.25, -0.2) is 0 Å². The number of hydrogen-bond acceptors (Lipinski definition) is 6. The van der Waals surface area contributed by atoms with E-state index in [-0.39, 0.29) is 5.91 Å². The molecule has 2 aromatic rings. The number of carbonyl (C=O) groups excluding carboxylic acids is 1. The van der Waals surface area contributed by atoms with Crippen LogP contribution in [-0.4, -0.2) is 77.7 Å². The maximum Gasteiger partial charge on any atom is 0.254 e. The molecule has 5 rings (SSSR count). The number of piperidine rings is 1. The first-order valence-corrected chi connectivity index (χ1v) is 10.8. The van der Waals surface area contributed by atoms with Crippen LogP contribution in [0.1, 0.15) is 28.8 Å². The second-order valence-corrected chi connectivity index (χ2v) is 8.28. The molecule has 4 heterocycles. The van der Waals surface area contributed by atoms with E-state index < -0.39 is 0 Å². The summed E-state index contributed by atoms with van der Waals surface area (Å²) in [7, 11) is 0. The fraction of sp³-hybridized carbons (Fsp3) is 0.478. The lowest BCUT2D eigenvalue weighted by Crippen LogP contribution is -2.55. The molecule has 30 heavy (non-hydrogen) atoms. The summed E-state index contributed by atoms with van der Waals surface area (Å²) in [6.07, 6.45) is 5.61. The molecule has 0 bridgehead atoms. The zero-order chi connectivity index (χ0) is 20.3. The number of rotatable bonds is 4. The summed E-state index contributed by atoms with van der Waals surface area (Å²) in [6, 6.07) is 10.3. The van der Waals surface area contributed by atoms with Crippen LogP contribution in [0.4, 0.5) is 0 Å². The zero-order valence-corrected chi connectivity index (χ0v) is 17.2. The van der Waals surface area contributed by atoms with Crippen molar-refractivity contribution >= 4 is 5.91 Å². The molecule has 3 aliphatic rings. The normalized spacial score (nSPS) is 22.3. The maximum atomic E-state index is 12.8. The second-order valence-electron chi connectivity index (χ2n) is 8.28. The Kier molecular flexibility index (Phi) is 5.55. The molecule has 1 amide bonds. The van der Waals surface area contributed by atoms with Crippen molar-refractivity contribution in [2.75, 3.05) is 46.1 Å². The Balaban J connectivity index is 1.14. The van der Waals surface area contributed by atoms with Crippen LogP contribution in [0.3, 0.4) is 0 Å². The number of ether oxygens (including phenoxy) is 2. The molecule has 0 saturated carbocycles. The Hall–Kier alpha value is -2.64. The Morgan fingerprint density at radius 1 is 1.00 bits per heavy atom. The molecule has 0 unspecified atom stereocenters. The van der Waals surface area contributed by atoms with Gasteiger partial charge in [-0.05, 0) is 42.7 Å². The average molecular weight is 409 g/mol. The number of likely N-dealkylation sites (tertiary alicyclic amines) is 1. The first-order valence-electron chi connectivity index (χ1n) is 10.8. The molecule has 3 aliphatic heterocycles. The van der Waals surface area contributed by atoms with Gasteiger partial charge >= 0.3 is 0 Å². The maximum absolute atomic E-state index is 12.8. The highest BCUT2D eigenvalue weighted by Crippen LogP contribution is 2.33. The molecular weight excluding hydrogens is 380 g/mol. The van der Waals surface area contributed by atoms with Crippen molar-refractivity contribution in [3.05, 3.63) is 53.9 Å². The summed E-state index contributed by atoms with van der Waals surface area (Å²) < 4.78 is 10.9. The Labute approximate surface area is 177 Å². The van der Waals surface area contributed by atoms with E-state index in [0.29, 0.717) is 12.8 Å². The molecule has 0 radical (unpaired) electrons. The van der Waals surface area contributed by atoms with E-state index in [1.165, 1.54) is 12.0 Å². The second kappa shape index (κ2) is 8.62. The van der Waals surface area contributed by atoms with Crippen LogP contribution in [0.15, 0.2) is 42.7 Å². The topological polar surface area (TPSA) is 58.1 Å². The van der Waals surface area contributed by atoms with Crippen molar-refractivity contribution in [2.24, 2.45) is 0 Å². The van der Waals surface area contributed by atoms with E-state index in [9.17, 15) is 4.79 Å². The van der Waals surface area contributed by atoms with Gasteiger partial charge in [-0.1, -0.05) is 6.07 Å². The summed E-state index contributed by atoms with van der Waals surface area (Å²) in [5.41, 5.74) is 2.00. The third-order valence-corrected chi connectivity index (χ3v) is 6.38. The van der Waals surface area contributed by atoms with Crippen LogP contribution in [0.5, 0.6) is 11.5 Å². The molecule has 7 nitrogen and oxygen atoms in total. The van der Waals surface area contributed by atoms with E-state index in [1.807, 2.05) is 11.0 Å². The first kappa shape index (κ1) is 19.3. The lowest BCUT2D eigenvalue weighted by Gasteiger charge is -2.43. The minimum Gasteiger partial charge on any atom is -0.454 e. The van der Waals surface area contributed by atoms with E-state index in [1.54, 1.807) is 24.5 Å². The highest BCUT2D eigenvalue weighted by molar-refractivity contribution is 5.94. The highest BCUT2D eigenvalue weighted by Gasteiger charge is 2.30. The molecule has 158 valence electrons. The van der Waals surface area contributed by atoms with E-state index in [0.717, 1.165) is 69.3 Å². The number of aromatic nitrogens is 1. The van der Waals surface area contributed by atoms with Crippen molar-refractivity contribution in [1.82, 2.24) is 19.7 Å². The summed E-state index contributed by atoms with van der Waals surface area (Å²) in [5, 5.41) is 0. The molecule has 1 aromatic carbocycles. The molecule has 2 fully saturated rings. The first-order chi connectivity index (χ1) is 14.8. The van der Waals surface area contributed by atoms with E-state index in [4.69, 9.17) is 9.47 Å². The van der Waals surface area contributed by atoms with E-state index >= 15 is 0 Å². The average Bonchev–Trinajstić information content (AvgIpc) is 3.28. The third-order valence-electron chi connectivity index (χ3n) is 6.38. The van der Waals surface area contributed by atoms with Crippen LogP contribution in [-0.2, 0) is 6.54 Å². The van der Waals surface area contributed by atoms with Gasteiger partial charge < -0.3 is 14.4 Å². The summed E-state index contributed by atoms with van der Waals surface area (Å²) in [4.78, 5) is 23.9. The quantitative estimate of drug-likeness (QED) is 0.773. The SMILES string of the molecule is O=C(c1ccncc1)N1CCC[C@@H](N2CCN(Cc3ccc4c(c3)OCO4)CC2)C1. The van der Waals surface area contributed by atoms with Crippen LogP contribution in [0.2, 0.25) is 0 Å². The van der Waals surface area contributed by atoms with Gasteiger partial charge in [0.05, 0.1) is 0 Å². The van der Waals surface area contributed by atoms with Gasteiger partial charge in [0.2, 0.25) is 6.79 Å². The Bertz CT molecular complexity index is 883. The molecule has 1 aromatic heterocycles. The number of benzene rings is 1. The molecular formula is C23H28N4O3. The number of amides is 1. The molecule has 2 saturated heterocycles. The fourth-order valence-corrected chi connectivity index (χ4v) is 4.70. The van der Waals surface area contributed by atoms with Gasteiger partial charge in [0, 0.05) is 69.8 Å². The predicted octanol–water partition coefficient (Wildman–Crippen LogP) is 2.23. The fourth-order valence-electron chi connectivity index (χ4n) is 4.70. The Morgan fingerprint density at radius 2 is 1.80 bits per heavy atom. The van der Waals surface area contributed by atoms with E-state index in [2.05, 4.69) is 26.9 Å². The molecule has 0 aliphatic carbocycles. The largest absolute Gasteiger partial charge is 0.454 e. The van der Waals surface area contributed by atoms with Gasteiger partial charge in [0.1, 0.15) is 0 Å². The number of piperazine rings is 1. The van der Waals surface area contributed by atoms with Gasteiger partial charge in [-0.2, -0.15) is 0 Å². The summed E-state index contributed by atoms with van der Waals surface area (Å²) in [6.45, 7) is 7.11. The van der Waals surface area contributed by atoms with Crippen molar-refractivity contribution in [2.45, 2.75) is 25.4 Å². The van der Waals surface area contributed by atoms with Gasteiger partial charge in [0.15, 0.2) is 11.5 Å². The van der Waals surface area contributed by atoms with Crippen LogP contribution < -0.4 is 9.47 Å². The lowest BCUT2D eigenvalue weighted by molar-refractivity contribution is 0.0407. The summed E-state index contributed by atoms with van der Waals surface area (Å²) >= 11 is 0. The number of pyridine rings is 1. The number of nitrogens with zero attached hydrogens (tertiary/aromatic N) is 4. The zero-order valence-electron chi connectivity index (χ0n) is 17.2. The third kappa shape index (κ3) is 4.13. The monoisotopic (exact) mass is 408 g/mol. The lowest BCUT2D eigenvalue weighted by atomic mass is 10.0. The Morgan fingerprint density at radius 3 is 2.63 bits per heavy atom. The molecule has 0 spiro atoms. The van der Waals surface area contributed by atoms with Gasteiger partial charge in [-0.15, -0.1) is 0 Å². The predicted molar refractivity (Wildman–Crippen MR) is 113 cm³/mol. The minimum atomic E-state index is 0.128. The molecule has 1 atom stereocenters. The molecule has 7 heteroatoms. The van der Waals surface area contributed by atoms with Crippen LogP contribution in [0, 0.1) is 0 Å². The molecule has 0 N–H and O–H groups in total. The smallest absolute Gasteiger partial charge is 0.254 e. The highest BCUT2D eigenvalue weighted by atomic mass is 16.7. The van der Waals surface area contributed by atoms with Gasteiger partial charge in [0.25, 0.3) is 5.91 Å². The van der Waals surface area contributed by atoms with Crippen LogP contribution >= 0.6 is 0 Å². The standard InChI is InChI=1S/C23H28N4O3/c28-23(19-5-7-24-8-6-19)27-9-1-2-20(16-27)26-12-10-25(11-13-26)15-18-3-4-21-22(14-18)30-17-29-21/h3-8,14,20H,1-2,9-13,15-17H2/t20-/m1/s1. The number of fused-ring (bicyclic) bond motifs is 1.